The van der Waals surface area contributed by atoms with Gasteiger partial charge in [-0.25, -0.2) is 28.3 Å². The first-order valence-electron chi connectivity index (χ1n) is 12.5. The number of nitrogens with one attached hydrogen (secondary N) is 2. The Labute approximate surface area is 241 Å². The van der Waals surface area contributed by atoms with E-state index in [0.717, 1.165) is 27.7 Å². The summed E-state index contributed by atoms with van der Waals surface area (Å²) in [6.45, 7) is 5.34. The molecule has 10 nitrogen and oxygen atoms in total. The number of carbonyl (C=O) groups is 1. The van der Waals surface area contributed by atoms with Crippen LogP contribution >= 0.6 is 11.3 Å². The number of aromatic nitrogens is 2. The lowest BCUT2D eigenvalue weighted by molar-refractivity contribution is 0.0636. The van der Waals surface area contributed by atoms with Gasteiger partial charge in [0, 0.05) is 23.5 Å². The van der Waals surface area contributed by atoms with Gasteiger partial charge in [-0.15, -0.1) is 0 Å². The summed E-state index contributed by atoms with van der Waals surface area (Å²) in [6, 6.07) is 23.4. The summed E-state index contributed by atoms with van der Waals surface area (Å²) in [7, 11) is -3.86. The Bertz CT molecular complexity index is 1850. The Morgan fingerprint density at radius 1 is 0.951 bits per heavy atom. The second-order valence-electron chi connectivity index (χ2n) is 10.0. The zero-order valence-corrected chi connectivity index (χ0v) is 24.0. The van der Waals surface area contributed by atoms with Gasteiger partial charge in [0.2, 0.25) is 15.1 Å². The van der Waals surface area contributed by atoms with Crippen LogP contribution in [0.1, 0.15) is 20.8 Å². The number of rotatable bonds is 7. The van der Waals surface area contributed by atoms with E-state index in [9.17, 15) is 13.2 Å². The van der Waals surface area contributed by atoms with Crippen LogP contribution in [0.3, 0.4) is 0 Å². The maximum atomic E-state index is 12.5. The number of sulfonamides is 1. The number of primary sulfonamides is 1. The van der Waals surface area contributed by atoms with E-state index < -0.39 is 21.7 Å². The normalized spacial score (nSPS) is 11.7. The Morgan fingerprint density at radius 3 is 2.49 bits per heavy atom. The highest BCUT2D eigenvalue weighted by Gasteiger charge is 2.21. The van der Waals surface area contributed by atoms with Crippen molar-refractivity contribution in [1.29, 1.82) is 0 Å². The van der Waals surface area contributed by atoms with Gasteiger partial charge in [0.15, 0.2) is 5.13 Å². The Balaban J connectivity index is 1.46. The lowest BCUT2D eigenvalue weighted by Gasteiger charge is -2.18. The lowest BCUT2D eigenvalue weighted by Crippen LogP contribution is -2.27. The fourth-order valence-corrected chi connectivity index (χ4v) is 5.29. The molecule has 0 bridgehead atoms. The number of ether oxygens (including phenoxy) is 2. The molecular weight excluding hydrogens is 562 g/mol. The average Bonchev–Trinajstić information content (AvgIpc) is 3.28. The van der Waals surface area contributed by atoms with E-state index in [1.54, 1.807) is 51.2 Å². The van der Waals surface area contributed by atoms with Crippen molar-refractivity contribution in [3.63, 3.8) is 0 Å². The van der Waals surface area contributed by atoms with Gasteiger partial charge in [-0.3, -0.25) is 5.32 Å². The van der Waals surface area contributed by atoms with Crippen molar-refractivity contribution in [3.8, 4) is 22.1 Å². The molecule has 1 amide bonds. The van der Waals surface area contributed by atoms with Gasteiger partial charge in [0.1, 0.15) is 22.9 Å². The van der Waals surface area contributed by atoms with Gasteiger partial charge >= 0.3 is 6.09 Å². The number of benzene rings is 3. The molecule has 0 spiro atoms. The molecule has 0 saturated carbocycles. The van der Waals surface area contributed by atoms with E-state index in [2.05, 4.69) is 20.6 Å². The van der Waals surface area contributed by atoms with Gasteiger partial charge in [-0.05, 0) is 61.9 Å². The minimum absolute atomic E-state index is 0.0235. The molecule has 12 heteroatoms. The molecule has 0 fully saturated rings. The van der Waals surface area contributed by atoms with Gasteiger partial charge in [0.05, 0.1) is 4.90 Å². The number of nitrogens with two attached hydrogens (primary N) is 1. The molecule has 0 saturated heterocycles. The first-order valence-corrected chi connectivity index (χ1v) is 14.8. The standard InChI is InChI=1S/C29H27N5O5S2/c1-29(2,3)39-28(35)34-27-33-25(20-12-11-18-7-4-5-8-19(18)15-20)26(40-27)38-22-13-14-31-24(17-22)32-21-9-6-10-23(16-21)41(30,36)37/h4-17H,1-3H3,(H,31,32)(H2,30,36,37)(H,33,34,35). The van der Waals surface area contributed by atoms with Crippen molar-refractivity contribution in [1.82, 2.24) is 9.97 Å². The molecule has 0 aliphatic heterocycles. The van der Waals surface area contributed by atoms with E-state index in [-0.39, 0.29) is 4.90 Å². The van der Waals surface area contributed by atoms with Crippen LogP contribution in [0.25, 0.3) is 22.0 Å². The summed E-state index contributed by atoms with van der Waals surface area (Å²) in [6.07, 6.45) is 0.928. The maximum Gasteiger partial charge on any atom is 0.413 e. The Morgan fingerprint density at radius 2 is 1.73 bits per heavy atom. The number of thiazole rings is 1. The first kappa shape index (κ1) is 28.0. The van der Waals surface area contributed by atoms with Crippen molar-refractivity contribution in [2.24, 2.45) is 5.14 Å². The van der Waals surface area contributed by atoms with Gasteiger partial charge < -0.3 is 14.8 Å². The fraction of sp³-hybridized carbons (Fsp3) is 0.138. The zero-order chi connectivity index (χ0) is 29.2. The highest BCUT2D eigenvalue weighted by Crippen LogP contribution is 2.41. The van der Waals surface area contributed by atoms with E-state index in [0.29, 0.717) is 33.1 Å². The summed E-state index contributed by atoms with van der Waals surface area (Å²) < 4.78 is 35.1. The molecule has 3 aromatic carbocycles. The van der Waals surface area contributed by atoms with E-state index >= 15 is 0 Å². The second-order valence-corrected chi connectivity index (χ2v) is 12.5. The Hall–Kier alpha value is -4.52. The molecule has 2 aromatic heterocycles. The van der Waals surface area contributed by atoms with Gasteiger partial charge in [-0.1, -0.05) is 53.8 Å². The van der Waals surface area contributed by atoms with Gasteiger partial charge in [0.25, 0.3) is 0 Å². The average molecular weight is 590 g/mol. The molecular formula is C29H27N5O5S2. The minimum atomic E-state index is -3.86. The zero-order valence-electron chi connectivity index (χ0n) is 22.4. The minimum Gasteiger partial charge on any atom is -0.444 e. The summed E-state index contributed by atoms with van der Waals surface area (Å²) in [5.74, 6) is 0.859. The number of hydrogen-bond acceptors (Lipinski definition) is 9. The molecule has 0 aliphatic rings. The monoisotopic (exact) mass is 589 g/mol. The van der Waals surface area contributed by atoms with Crippen molar-refractivity contribution in [3.05, 3.63) is 85.1 Å². The van der Waals surface area contributed by atoms with Crippen LogP contribution in [0.2, 0.25) is 0 Å². The highest BCUT2D eigenvalue weighted by atomic mass is 32.2. The number of hydrogen-bond donors (Lipinski definition) is 3. The smallest absolute Gasteiger partial charge is 0.413 e. The fourth-order valence-electron chi connectivity index (χ4n) is 3.89. The van der Waals surface area contributed by atoms with Crippen molar-refractivity contribution in [2.45, 2.75) is 31.3 Å². The molecule has 5 rings (SSSR count). The summed E-state index contributed by atoms with van der Waals surface area (Å²) in [5, 5.41) is 13.9. The summed E-state index contributed by atoms with van der Waals surface area (Å²) in [5.41, 5.74) is 1.16. The number of fused-ring (bicyclic) bond motifs is 1. The van der Waals surface area contributed by atoms with Crippen LogP contribution in [0.4, 0.5) is 21.4 Å². The molecule has 0 radical (unpaired) electrons. The van der Waals surface area contributed by atoms with E-state index in [1.165, 1.54) is 12.1 Å². The molecule has 210 valence electrons. The Kier molecular flexibility index (Phi) is 7.63. The second kappa shape index (κ2) is 11.2. The van der Waals surface area contributed by atoms with Crippen LogP contribution < -0.4 is 20.5 Å². The number of carbonyl (C=O) groups excluding carboxylic acids is 1. The van der Waals surface area contributed by atoms with Crippen LogP contribution in [-0.4, -0.2) is 30.1 Å². The maximum absolute atomic E-state index is 12.5. The van der Waals surface area contributed by atoms with E-state index in [4.69, 9.17) is 14.6 Å². The van der Waals surface area contributed by atoms with Crippen molar-refractivity contribution < 1.29 is 22.7 Å². The third-order valence-corrected chi connectivity index (χ3v) is 7.36. The first-order chi connectivity index (χ1) is 19.4. The SMILES string of the molecule is CC(C)(C)OC(=O)Nc1nc(-c2ccc3ccccc3c2)c(Oc2ccnc(Nc3cccc(S(N)(=O)=O)c3)c2)s1. The summed E-state index contributed by atoms with van der Waals surface area (Å²) in [4.78, 5) is 21.4. The molecule has 0 aliphatic carbocycles. The predicted octanol–water partition coefficient (Wildman–Crippen LogP) is 6.89. The molecule has 41 heavy (non-hydrogen) atoms. The third-order valence-electron chi connectivity index (χ3n) is 5.60. The third kappa shape index (κ3) is 7.17. The predicted molar refractivity (Wildman–Crippen MR) is 160 cm³/mol. The van der Waals surface area contributed by atoms with E-state index in [1.807, 2.05) is 42.5 Å². The number of pyridine rings is 1. The van der Waals surface area contributed by atoms with Crippen LogP contribution in [0.15, 0.2) is 90.0 Å². The largest absolute Gasteiger partial charge is 0.444 e. The number of anilines is 3. The lowest BCUT2D eigenvalue weighted by atomic mass is 10.1. The number of nitrogens with zero attached hydrogens (tertiary/aromatic N) is 2. The number of amides is 1. The summed E-state index contributed by atoms with van der Waals surface area (Å²) >= 11 is 1.16. The highest BCUT2D eigenvalue weighted by molar-refractivity contribution is 7.89. The van der Waals surface area contributed by atoms with Gasteiger partial charge in [-0.2, -0.15) is 0 Å². The molecule has 5 aromatic rings. The van der Waals surface area contributed by atoms with Crippen LogP contribution in [0.5, 0.6) is 10.8 Å². The quantitative estimate of drug-likeness (QED) is 0.186. The van der Waals surface area contributed by atoms with Crippen molar-refractivity contribution >= 4 is 54.9 Å². The van der Waals surface area contributed by atoms with Crippen LogP contribution in [-0.2, 0) is 14.8 Å². The molecule has 0 atom stereocenters. The molecule has 2 heterocycles. The molecule has 4 N–H and O–H groups in total. The topological polar surface area (TPSA) is 146 Å². The van der Waals surface area contributed by atoms with Crippen molar-refractivity contribution in [2.75, 3.05) is 10.6 Å². The van der Waals surface area contributed by atoms with Crippen LogP contribution in [0, 0.1) is 0 Å². The molecule has 0 unspecified atom stereocenters.